The zero-order valence-electron chi connectivity index (χ0n) is 16.4. The van der Waals surface area contributed by atoms with E-state index in [1.54, 1.807) is 0 Å². The van der Waals surface area contributed by atoms with Crippen LogP contribution in [0.3, 0.4) is 0 Å². The molecule has 3 aliphatic heterocycles. The van der Waals surface area contributed by atoms with Gasteiger partial charge in [-0.15, -0.1) is 0 Å². The summed E-state index contributed by atoms with van der Waals surface area (Å²) in [5, 5.41) is 4.00. The lowest BCUT2D eigenvalue weighted by Gasteiger charge is -2.36. The maximum atomic E-state index is 12.9. The van der Waals surface area contributed by atoms with Crippen molar-refractivity contribution in [2.24, 2.45) is 5.92 Å². The Labute approximate surface area is 161 Å². The number of aryl methyl sites for hydroxylation is 2. The number of carbonyl (C=O) groups is 1. The average molecular weight is 367 g/mol. The first-order valence-corrected chi connectivity index (χ1v) is 10.1. The summed E-state index contributed by atoms with van der Waals surface area (Å²) >= 11 is 0. The molecule has 0 saturated carbocycles. The van der Waals surface area contributed by atoms with Crippen LogP contribution < -0.4 is 0 Å². The lowest BCUT2D eigenvalue weighted by Crippen LogP contribution is -2.43. The second kappa shape index (κ2) is 7.85. The number of amides is 1. The third-order valence-electron chi connectivity index (χ3n) is 6.18. The van der Waals surface area contributed by atoms with Gasteiger partial charge in [-0.1, -0.05) is 35.5 Å². The van der Waals surface area contributed by atoms with E-state index in [4.69, 9.17) is 4.52 Å². The molecular weight excluding hydrogens is 338 g/mol. The van der Waals surface area contributed by atoms with Crippen molar-refractivity contribution < 1.29 is 9.32 Å². The third-order valence-corrected chi connectivity index (χ3v) is 6.18. The first-order valence-electron chi connectivity index (χ1n) is 10.1. The van der Waals surface area contributed by atoms with Gasteiger partial charge in [-0.2, -0.15) is 0 Å². The van der Waals surface area contributed by atoms with E-state index in [2.05, 4.69) is 45.3 Å². The Hall–Kier alpha value is -2.14. The first kappa shape index (κ1) is 18.2. The fourth-order valence-electron chi connectivity index (χ4n) is 4.64. The maximum absolute atomic E-state index is 12.9. The average Bonchev–Trinajstić information content (AvgIpc) is 2.84. The van der Waals surface area contributed by atoms with Crippen LogP contribution in [0.4, 0.5) is 0 Å². The molecule has 0 radical (unpaired) electrons. The van der Waals surface area contributed by atoms with Gasteiger partial charge in [-0.25, -0.2) is 0 Å². The topological polar surface area (TPSA) is 49.6 Å². The van der Waals surface area contributed by atoms with E-state index >= 15 is 0 Å². The predicted octanol–water partition coefficient (Wildman–Crippen LogP) is 3.35. The molecule has 144 valence electrons. The number of benzene rings is 1. The van der Waals surface area contributed by atoms with Crippen LogP contribution >= 0.6 is 0 Å². The highest BCUT2D eigenvalue weighted by molar-refractivity contribution is 5.76. The SMILES string of the molecule is Cc1noc(C)c1CCC(=O)N1C[C@@H]2CC[C@H](C1)N(Cc1ccccc1)C2. The molecule has 0 aliphatic carbocycles. The van der Waals surface area contributed by atoms with Crippen LogP contribution in [-0.2, 0) is 17.8 Å². The van der Waals surface area contributed by atoms with Gasteiger partial charge in [0.05, 0.1) is 5.69 Å². The summed E-state index contributed by atoms with van der Waals surface area (Å²) < 4.78 is 5.23. The Bertz CT molecular complexity index is 767. The largest absolute Gasteiger partial charge is 0.361 e. The number of rotatable bonds is 5. The van der Waals surface area contributed by atoms with Crippen LogP contribution in [0.15, 0.2) is 34.9 Å². The minimum atomic E-state index is 0.272. The van der Waals surface area contributed by atoms with Gasteiger partial charge in [0.2, 0.25) is 5.91 Å². The summed E-state index contributed by atoms with van der Waals surface area (Å²) in [6, 6.07) is 11.2. The van der Waals surface area contributed by atoms with Gasteiger partial charge >= 0.3 is 0 Å². The molecule has 0 spiro atoms. The van der Waals surface area contributed by atoms with Crippen LogP contribution in [0.2, 0.25) is 0 Å². The monoisotopic (exact) mass is 367 g/mol. The minimum absolute atomic E-state index is 0.272. The Balaban J connectivity index is 1.38. The van der Waals surface area contributed by atoms with Crippen LogP contribution in [-0.4, -0.2) is 46.5 Å². The highest BCUT2D eigenvalue weighted by atomic mass is 16.5. The van der Waals surface area contributed by atoms with E-state index in [9.17, 15) is 4.79 Å². The molecule has 2 atom stereocenters. The Morgan fingerprint density at radius 3 is 2.70 bits per heavy atom. The predicted molar refractivity (Wildman–Crippen MR) is 104 cm³/mol. The lowest BCUT2D eigenvalue weighted by molar-refractivity contribution is -0.131. The fourth-order valence-corrected chi connectivity index (χ4v) is 4.64. The van der Waals surface area contributed by atoms with Crippen molar-refractivity contribution in [3.63, 3.8) is 0 Å². The molecule has 1 amide bonds. The fraction of sp³-hybridized carbons (Fsp3) is 0.545. The number of nitrogens with zero attached hydrogens (tertiary/aromatic N) is 3. The van der Waals surface area contributed by atoms with Crippen molar-refractivity contribution >= 4 is 5.91 Å². The smallest absolute Gasteiger partial charge is 0.222 e. The van der Waals surface area contributed by atoms with Crippen LogP contribution in [0.25, 0.3) is 0 Å². The van der Waals surface area contributed by atoms with Gasteiger partial charge in [0.25, 0.3) is 0 Å². The second-order valence-corrected chi connectivity index (χ2v) is 8.11. The molecule has 0 N–H and O–H groups in total. The van der Waals surface area contributed by atoms with Crippen LogP contribution in [0.1, 0.15) is 41.8 Å². The van der Waals surface area contributed by atoms with E-state index in [1.165, 1.54) is 18.4 Å². The maximum Gasteiger partial charge on any atom is 0.222 e. The lowest BCUT2D eigenvalue weighted by atomic mass is 9.94. The summed E-state index contributed by atoms with van der Waals surface area (Å²) in [6.45, 7) is 7.74. The molecule has 5 heteroatoms. The van der Waals surface area contributed by atoms with Crippen molar-refractivity contribution in [2.45, 2.75) is 52.1 Å². The summed E-state index contributed by atoms with van der Waals surface area (Å²) in [4.78, 5) is 17.6. The van der Waals surface area contributed by atoms with Gasteiger partial charge in [0, 0.05) is 44.2 Å². The summed E-state index contributed by atoms with van der Waals surface area (Å²) in [5.41, 5.74) is 3.36. The van der Waals surface area contributed by atoms with Crippen molar-refractivity contribution in [3.05, 3.63) is 52.9 Å². The van der Waals surface area contributed by atoms with E-state index < -0.39 is 0 Å². The zero-order chi connectivity index (χ0) is 18.8. The molecule has 1 aromatic carbocycles. The Kier molecular flexibility index (Phi) is 5.30. The summed E-state index contributed by atoms with van der Waals surface area (Å²) in [6.07, 6.45) is 3.70. The molecule has 4 heterocycles. The number of fused-ring (bicyclic) bond motifs is 4. The minimum Gasteiger partial charge on any atom is -0.361 e. The molecule has 3 aliphatic rings. The van der Waals surface area contributed by atoms with Crippen molar-refractivity contribution in [1.82, 2.24) is 15.0 Å². The van der Waals surface area contributed by atoms with Crippen LogP contribution in [0.5, 0.6) is 0 Å². The molecule has 2 aromatic rings. The molecule has 3 saturated heterocycles. The van der Waals surface area contributed by atoms with Crippen molar-refractivity contribution in [2.75, 3.05) is 19.6 Å². The third kappa shape index (κ3) is 4.08. The highest BCUT2D eigenvalue weighted by Gasteiger charge is 2.36. The summed E-state index contributed by atoms with van der Waals surface area (Å²) in [5.74, 6) is 1.70. The number of aromatic nitrogens is 1. The van der Waals surface area contributed by atoms with Crippen LogP contribution in [0, 0.1) is 19.8 Å². The number of hydrogen-bond acceptors (Lipinski definition) is 4. The van der Waals surface area contributed by atoms with E-state index in [0.717, 1.165) is 49.6 Å². The summed E-state index contributed by atoms with van der Waals surface area (Å²) in [7, 11) is 0. The molecular formula is C22H29N3O2. The van der Waals surface area contributed by atoms with Crippen molar-refractivity contribution in [1.29, 1.82) is 0 Å². The van der Waals surface area contributed by atoms with E-state index in [-0.39, 0.29) is 5.91 Å². The molecule has 5 rings (SSSR count). The van der Waals surface area contributed by atoms with Gasteiger partial charge in [0.1, 0.15) is 5.76 Å². The first-order chi connectivity index (χ1) is 13.1. The molecule has 3 fully saturated rings. The zero-order valence-corrected chi connectivity index (χ0v) is 16.4. The highest BCUT2D eigenvalue weighted by Crippen LogP contribution is 2.29. The molecule has 5 nitrogen and oxygen atoms in total. The molecule has 2 bridgehead atoms. The van der Waals surface area contributed by atoms with E-state index in [0.29, 0.717) is 18.4 Å². The number of carbonyl (C=O) groups excluding carboxylic acids is 1. The number of piperidine rings is 1. The normalized spacial score (nSPS) is 22.8. The number of hydrogen-bond donors (Lipinski definition) is 0. The standard InChI is InChI=1S/C22H29N3O2/c1-16-21(17(2)27-23-16)10-11-22(26)25-14-19-8-9-20(15-25)24(13-19)12-18-6-4-3-5-7-18/h3-7,19-20H,8-15H2,1-2H3/t19-,20-/m1/s1. The van der Waals surface area contributed by atoms with Gasteiger partial charge in [0.15, 0.2) is 0 Å². The molecule has 27 heavy (non-hydrogen) atoms. The molecule has 0 unspecified atom stereocenters. The van der Waals surface area contributed by atoms with Gasteiger partial charge < -0.3 is 9.42 Å². The van der Waals surface area contributed by atoms with E-state index in [1.807, 2.05) is 13.8 Å². The quantitative estimate of drug-likeness (QED) is 0.813. The Morgan fingerprint density at radius 1 is 1.15 bits per heavy atom. The van der Waals surface area contributed by atoms with Gasteiger partial charge in [-0.05, 0) is 44.6 Å². The van der Waals surface area contributed by atoms with Crippen molar-refractivity contribution in [3.8, 4) is 0 Å². The molecule has 1 aromatic heterocycles. The Morgan fingerprint density at radius 2 is 1.96 bits per heavy atom. The van der Waals surface area contributed by atoms with Gasteiger partial charge in [-0.3, -0.25) is 9.69 Å². The second-order valence-electron chi connectivity index (χ2n) is 8.11.